The molecule has 0 unspecified atom stereocenters. The molecule has 0 saturated carbocycles. The molecule has 0 fully saturated rings. The maximum atomic E-state index is 11.8. The van der Waals surface area contributed by atoms with Gasteiger partial charge in [0.15, 0.2) is 0 Å². The number of hydrogen-bond acceptors (Lipinski definition) is 2. The zero-order chi connectivity index (χ0) is 12.3. The SMILES string of the molecule is CC(C)(CCl)NC(=O)c1ccc(O)c(Cl)c1. The smallest absolute Gasteiger partial charge is 0.251 e. The fourth-order valence-electron chi connectivity index (χ4n) is 1.06. The normalized spacial score (nSPS) is 11.2. The van der Waals surface area contributed by atoms with Crippen molar-refractivity contribution in [2.24, 2.45) is 0 Å². The molecule has 1 rings (SSSR count). The maximum Gasteiger partial charge on any atom is 0.251 e. The fraction of sp³-hybridized carbons (Fsp3) is 0.364. The lowest BCUT2D eigenvalue weighted by Gasteiger charge is -2.23. The third-order valence-corrected chi connectivity index (χ3v) is 2.97. The van der Waals surface area contributed by atoms with Crippen LogP contribution < -0.4 is 5.32 Å². The molecule has 0 aromatic heterocycles. The Balaban J connectivity index is 2.85. The lowest BCUT2D eigenvalue weighted by atomic mass is 10.1. The summed E-state index contributed by atoms with van der Waals surface area (Å²) in [5.74, 6) is -0.00717. The van der Waals surface area contributed by atoms with Crippen molar-refractivity contribution < 1.29 is 9.90 Å². The van der Waals surface area contributed by atoms with E-state index >= 15 is 0 Å². The van der Waals surface area contributed by atoms with E-state index < -0.39 is 5.54 Å². The Morgan fingerprint density at radius 3 is 2.62 bits per heavy atom. The summed E-state index contributed by atoms with van der Waals surface area (Å²) in [5.41, 5.74) is -0.0933. The third-order valence-electron chi connectivity index (χ3n) is 2.00. The van der Waals surface area contributed by atoms with Crippen LogP contribution in [0.5, 0.6) is 5.75 Å². The molecular weight excluding hydrogens is 249 g/mol. The molecule has 0 spiro atoms. The van der Waals surface area contributed by atoms with Crippen LogP contribution in [-0.4, -0.2) is 22.4 Å². The number of amides is 1. The lowest BCUT2D eigenvalue weighted by Crippen LogP contribution is -2.44. The van der Waals surface area contributed by atoms with Crippen molar-refractivity contribution >= 4 is 29.1 Å². The Morgan fingerprint density at radius 1 is 1.50 bits per heavy atom. The number of carbonyl (C=O) groups excluding carboxylic acids is 1. The minimum atomic E-state index is -0.483. The first-order valence-corrected chi connectivity index (χ1v) is 5.64. The fourth-order valence-corrected chi connectivity index (χ4v) is 1.31. The van der Waals surface area contributed by atoms with Crippen molar-refractivity contribution in [3.05, 3.63) is 28.8 Å². The molecule has 1 aromatic carbocycles. The molecule has 1 aromatic rings. The molecule has 5 heteroatoms. The van der Waals surface area contributed by atoms with Gasteiger partial charge in [-0.1, -0.05) is 11.6 Å². The summed E-state index contributed by atoms with van der Waals surface area (Å²) in [4.78, 5) is 11.8. The molecule has 16 heavy (non-hydrogen) atoms. The average Bonchev–Trinajstić information content (AvgIpc) is 2.21. The first-order valence-electron chi connectivity index (χ1n) is 4.73. The average molecular weight is 262 g/mol. The highest BCUT2D eigenvalue weighted by Gasteiger charge is 2.20. The van der Waals surface area contributed by atoms with Crippen molar-refractivity contribution in [3.63, 3.8) is 0 Å². The van der Waals surface area contributed by atoms with E-state index in [-0.39, 0.29) is 16.7 Å². The summed E-state index contributed by atoms with van der Waals surface area (Å²) in [5, 5.41) is 12.1. The first-order chi connectivity index (χ1) is 7.35. The van der Waals surface area contributed by atoms with Crippen LogP contribution in [0.4, 0.5) is 0 Å². The summed E-state index contributed by atoms with van der Waals surface area (Å²) in [7, 11) is 0. The van der Waals surface area contributed by atoms with Gasteiger partial charge in [-0.25, -0.2) is 0 Å². The van der Waals surface area contributed by atoms with Gasteiger partial charge < -0.3 is 10.4 Å². The zero-order valence-electron chi connectivity index (χ0n) is 9.05. The summed E-state index contributed by atoms with van der Waals surface area (Å²) >= 11 is 11.4. The van der Waals surface area contributed by atoms with Crippen LogP contribution >= 0.6 is 23.2 Å². The highest BCUT2D eigenvalue weighted by molar-refractivity contribution is 6.32. The zero-order valence-corrected chi connectivity index (χ0v) is 10.6. The molecule has 2 N–H and O–H groups in total. The summed E-state index contributed by atoms with van der Waals surface area (Å²) in [6.07, 6.45) is 0. The van der Waals surface area contributed by atoms with Crippen LogP contribution in [0.15, 0.2) is 18.2 Å². The number of carbonyl (C=O) groups is 1. The largest absolute Gasteiger partial charge is 0.506 e. The van der Waals surface area contributed by atoms with E-state index in [9.17, 15) is 9.90 Å². The van der Waals surface area contributed by atoms with Gasteiger partial charge in [-0.2, -0.15) is 0 Å². The van der Waals surface area contributed by atoms with Gasteiger partial charge in [0.05, 0.1) is 5.02 Å². The Labute approximate surface area is 104 Å². The van der Waals surface area contributed by atoms with Crippen LogP contribution in [0.3, 0.4) is 0 Å². The number of rotatable bonds is 3. The van der Waals surface area contributed by atoms with Crippen LogP contribution in [-0.2, 0) is 0 Å². The third kappa shape index (κ3) is 3.29. The Kier molecular flexibility index (Phi) is 4.05. The van der Waals surface area contributed by atoms with Crippen molar-refractivity contribution in [1.29, 1.82) is 0 Å². The molecule has 0 aliphatic heterocycles. The minimum absolute atomic E-state index is 0.0465. The Morgan fingerprint density at radius 2 is 2.12 bits per heavy atom. The quantitative estimate of drug-likeness (QED) is 0.823. The van der Waals surface area contributed by atoms with Gasteiger partial charge >= 0.3 is 0 Å². The molecule has 0 radical (unpaired) electrons. The number of phenolic OH excluding ortho intramolecular Hbond substituents is 1. The number of phenols is 1. The maximum absolute atomic E-state index is 11.8. The second-order valence-corrected chi connectivity index (χ2v) is 4.81. The topological polar surface area (TPSA) is 49.3 Å². The lowest BCUT2D eigenvalue weighted by molar-refractivity contribution is 0.0920. The highest BCUT2D eigenvalue weighted by atomic mass is 35.5. The van der Waals surface area contributed by atoms with Gasteiger partial charge in [0.1, 0.15) is 5.75 Å². The van der Waals surface area contributed by atoms with Crippen molar-refractivity contribution in [1.82, 2.24) is 5.32 Å². The van der Waals surface area contributed by atoms with Crippen LogP contribution in [0.25, 0.3) is 0 Å². The second-order valence-electron chi connectivity index (χ2n) is 4.14. The van der Waals surface area contributed by atoms with E-state index in [1.54, 1.807) is 0 Å². The van der Waals surface area contributed by atoms with E-state index in [2.05, 4.69) is 5.32 Å². The minimum Gasteiger partial charge on any atom is -0.506 e. The van der Waals surface area contributed by atoms with E-state index in [0.29, 0.717) is 11.4 Å². The molecule has 0 bridgehead atoms. The standard InChI is InChI=1S/C11H13Cl2NO2/c1-11(2,6-12)14-10(16)7-3-4-9(15)8(13)5-7/h3-5,15H,6H2,1-2H3,(H,14,16). The molecule has 0 heterocycles. The Bertz CT molecular complexity index is 405. The van der Waals surface area contributed by atoms with Gasteiger partial charge in [0.2, 0.25) is 0 Å². The number of hydrogen-bond donors (Lipinski definition) is 2. The molecule has 3 nitrogen and oxygen atoms in total. The highest BCUT2D eigenvalue weighted by Crippen LogP contribution is 2.23. The second kappa shape index (κ2) is 4.93. The summed E-state index contributed by atoms with van der Waals surface area (Å²) in [6.45, 7) is 3.64. The van der Waals surface area contributed by atoms with E-state index in [4.69, 9.17) is 23.2 Å². The molecule has 0 atom stereocenters. The van der Waals surface area contributed by atoms with Gasteiger partial charge in [-0.15, -0.1) is 11.6 Å². The van der Waals surface area contributed by atoms with Crippen molar-refractivity contribution in [2.45, 2.75) is 19.4 Å². The van der Waals surface area contributed by atoms with Gasteiger partial charge in [0, 0.05) is 17.0 Å². The number of aromatic hydroxyl groups is 1. The van der Waals surface area contributed by atoms with Crippen molar-refractivity contribution in [3.8, 4) is 5.75 Å². The van der Waals surface area contributed by atoms with Gasteiger partial charge in [-0.3, -0.25) is 4.79 Å². The summed E-state index contributed by atoms with van der Waals surface area (Å²) < 4.78 is 0. The number of alkyl halides is 1. The van der Waals surface area contributed by atoms with E-state index in [1.807, 2.05) is 13.8 Å². The molecular formula is C11H13Cl2NO2. The van der Waals surface area contributed by atoms with Crippen LogP contribution in [0.2, 0.25) is 5.02 Å². The molecule has 1 amide bonds. The van der Waals surface area contributed by atoms with E-state index in [0.717, 1.165) is 0 Å². The number of benzene rings is 1. The van der Waals surface area contributed by atoms with Crippen LogP contribution in [0, 0.1) is 0 Å². The van der Waals surface area contributed by atoms with Crippen molar-refractivity contribution in [2.75, 3.05) is 5.88 Å². The van der Waals surface area contributed by atoms with E-state index in [1.165, 1.54) is 18.2 Å². The predicted octanol–water partition coefficient (Wildman–Crippen LogP) is 2.79. The predicted molar refractivity (Wildman–Crippen MR) is 65.4 cm³/mol. The first kappa shape index (κ1) is 13.1. The Hall–Kier alpha value is -0.930. The number of halogens is 2. The van der Waals surface area contributed by atoms with Gasteiger partial charge in [-0.05, 0) is 32.0 Å². The molecule has 0 saturated heterocycles. The summed E-state index contributed by atoms with van der Waals surface area (Å²) in [6, 6.07) is 4.29. The molecule has 0 aliphatic rings. The number of nitrogens with one attached hydrogen (secondary N) is 1. The molecule has 0 aliphatic carbocycles. The van der Waals surface area contributed by atoms with Crippen LogP contribution in [0.1, 0.15) is 24.2 Å². The monoisotopic (exact) mass is 261 g/mol. The molecule has 88 valence electrons. The van der Waals surface area contributed by atoms with Gasteiger partial charge in [0.25, 0.3) is 5.91 Å².